The maximum Gasteiger partial charge on any atom is 0.248 e. The van der Waals surface area contributed by atoms with Crippen molar-refractivity contribution in [1.29, 1.82) is 0 Å². The summed E-state index contributed by atoms with van der Waals surface area (Å²) in [4.78, 5) is 27.4. The Kier molecular flexibility index (Phi) is 4.67. The number of carbonyl (C=O) groups is 2. The number of benzene rings is 2. The van der Waals surface area contributed by atoms with Gasteiger partial charge in [-0.1, -0.05) is 12.1 Å². The second-order valence-electron chi connectivity index (χ2n) is 5.10. The maximum atomic E-state index is 12.0. The molecule has 3 rings (SSSR count). The van der Waals surface area contributed by atoms with Crippen LogP contribution in [0, 0.1) is 0 Å². The highest BCUT2D eigenvalue weighted by Crippen LogP contribution is 2.22. The molecule has 2 N–H and O–H groups in total. The van der Waals surface area contributed by atoms with Crippen LogP contribution in [-0.4, -0.2) is 16.8 Å². The SMILES string of the molecule is CC(=O)Nc1ccc(NC(=O)/C=C/c2nc3ccccc3s2)cc1. The van der Waals surface area contributed by atoms with Crippen molar-refractivity contribution in [3.8, 4) is 0 Å². The monoisotopic (exact) mass is 337 g/mol. The Labute approximate surface area is 143 Å². The van der Waals surface area contributed by atoms with Crippen LogP contribution in [0.3, 0.4) is 0 Å². The van der Waals surface area contributed by atoms with Gasteiger partial charge in [-0.3, -0.25) is 9.59 Å². The van der Waals surface area contributed by atoms with E-state index in [1.165, 1.54) is 24.3 Å². The molecule has 0 spiro atoms. The second kappa shape index (κ2) is 7.06. The van der Waals surface area contributed by atoms with Gasteiger partial charge in [0, 0.05) is 24.4 Å². The Morgan fingerprint density at radius 3 is 2.33 bits per heavy atom. The van der Waals surface area contributed by atoms with Crippen LogP contribution in [-0.2, 0) is 9.59 Å². The molecule has 5 nitrogen and oxygen atoms in total. The number of anilines is 2. The lowest BCUT2D eigenvalue weighted by Crippen LogP contribution is -2.08. The smallest absolute Gasteiger partial charge is 0.248 e. The summed E-state index contributed by atoms with van der Waals surface area (Å²) in [5.41, 5.74) is 2.27. The summed E-state index contributed by atoms with van der Waals surface area (Å²) in [7, 11) is 0. The average Bonchev–Trinajstić information content (AvgIpc) is 2.97. The maximum absolute atomic E-state index is 12.0. The van der Waals surface area contributed by atoms with Gasteiger partial charge >= 0.3 is 0 Å². The van der Waals surface area contributed by atoms with Crippen molar-refractivity contribution >= 4 is 50.8 Å². The molecule has 0 atom stereocenters. The molecule has 0 radical (unpaired) electrons. The van der Waals surface area contributed by atoms with Gasteiger partial charge in [0.1, 0.15) is 5.01 Å². The van der Waals surface area contributed by atoms with Crippen molar-refractivity contribution in [1.82, 2.24) is 4.98 Å². The summed E-state index contributed by atoms with van der Waals surface area (Å²) >= 11 is 1.54. The lowest BCUT2D eigenvalue weighted by Gasteiger charge is -2.04. The predicted octanol–water partition coefficient (Wildman–Crippen LogP) is 3.91. The second-order valence-corrected chi connectivity index (χ2v) is 6.16. The van der Waals surface area contributed by atoms with E-state index in [-0.39, 0.29) is 11.8 Å². The quantitative estimate of drug-likeness (QED) is 0.709. The summed E-state index contributed by atoms with van der Waals surface area (Å²) in [5, 5.41) is 6.22. The molecule has 1 heterocycles. The molecule has 2 amide bonds. The molecule has 0 bridgehead atoms. The summed E-state index contributed by atoms with van der Waals surface area (Å²) in [6.45, 7) is 1.45. The molecule has 0 unspecified atom stereocenters. The normalized spacial score (nSPS) is 10.9. The van der Waals surface area contributed by atoms with Crippen LogP contribution in [0.25, 0.3) is 16.3 Å². The Balaban J connectivity index is 1.63. The van der Waals surface area contributed by atoms with Crippen molar-refractivity contribution in [2.45, 2.75) is 6.92 Å². The van der Waals surface area contributed by atoms with E-state index >= 15 is 0 Å². The van der Waals surface area contributed by atoms with Crippen molar-refractivity contribution in [2.75, 3.05) is 10.6 Å². The van der Waals surface area contributed by atoms with Gasteiger partial charge in [0.25, 0.3) is 0 Å². The number of carbonyl (C=O) groups excluding carboxylic acids is 2. The first-order valence-electron chi connectivity index (χ1n) is 7.32. The van der Waals surface area contributed by atoms with Crippen molar-refractivity contribution in [3.63, 3.8) is 0 Å². The highest BCUT2D eigenvalue weighted by molar-refractivity contribution is 7.19. The van der Waals surface area contributed by atoms with E-state index < -0.39 is 0 Å². The Bertz CT molecular complexity index is 880. The number of fused-ring (bicyclic) bond motifs is 1. The van der Waals surface area contributed by atoms with Crippen molar-refractivity contribution in [2.24, 2.45) is 0 Å². The Morgan fingerprint density at radius 1 is 1.00 bits per heavy atom. The number of para-hydroxylation sites is 1. The highest BCUT2D eigenvalue weighted by atomic mass is 32.1. The number of hydrogen-bond donors (Lipinski definition) is 2. The van der Waals surface area contributed by atoms with Crippen LogP contribution < -0.4 is 10.6 Å². The molecule has 0 saturated carbocycles. The van der Waals surface area contributed by atoms with Gasteiger partial charge in [-0.25, -0.2) is 4.98 Å². The van der Waals surface area contributed by atoms with Crippen molar-refractivity contribution < 1.29 is 9.59 Å². The van der Waals surface area contributed by atoms with Gasteiger partial charge < -0.3 is 10.6 Å². The Hall–Kier alpha value is -2.99. The number of nitrogens with zero attached hydrogens (tertiary/aromatic N) is 1. The number of aromatic nitrogens is 1. The predicted molar refractivity (Wildman–Crippen MR) is 98.0 cm³/mol. The van der Waals surface area contributed by atoms with Crippen LogP contribution in [0.1, 0.15) is 11.9 Å². The van der Waals surface area contributed by atoms with E-state index in [4.69, 9.17) is 0 Å². The van der Waals surface area contributed by atoms with Crippen molar-refractivity contribution in [3.05, 3.63) is 59.6 Å². The largest absolute Gasteiger partial charge is 0.326 e. The fourth-order valence-corrected chi connectivity index (χ4v) is 3.00. The molecule has 6 heteroatoms. The van der Waals surface area contributed by atoms with E-state index in [0.29, 0.717) is 11.4 Å². The fraction of sp³-hybridized carbons (Fsp3) is 0.0556. The Morgan fingerprint density at radius 2 is 1.67 bits per heavy atom. The van der Waals surface area contributed by atoms with E-state index in [9.17, 15) is 9.59 Å². The van der Waals surface area contributed by atoms with E-state index in [0.717, 1.165) is 15.2 Å². The van der Waals surface area contributed by atoms with Gasteiger partial charge in [0.05, 0.1) is 10.2 Å². The first kappa shape index (κ1) is 15.9. The lowest BCUT2D eigenvalue weighted by atomic mass is 10.2. The molecule has 24 heavy (non-hydrogen) atoms. The van der Waals surface area contributed by atoms with Gasteiger partial charge in [-0.15, -0.1) is 11.3 Å². The number of thiazole rings is 1. The minimum absolute atomic E-state index is 0.134. The zero-order valence-corrected chi connectivity index (χ0v) is 13.8. The number of nitrogens with one attached hydrogen (secondary N) is 2. The first-order chi connectivity index (χ1) is 11.6. The molecule has 0 fully saturated rings. The molecule has 0 aliphatic heterocycles. The minimum atomic E-state index is -0.235. The van der Waals surface area contributed by atoms with Gasteiger partial charge in [-0.2, -0.15) is 0 Å². The van der Waals surface area contributed by atoms with Gasteiger partial charge in [0.15, 0.2) is 0 Å². The topological polar surface area (TPSA) is 71.1 Å². The van der Waals surface area contributed by atoms with Crippen LogP contribution in [0.15, 0.2) is 54.6 Å². The molecular weight excluding hydrogens is 322 g/mol. The molecular formula is C18H15N3O2S. The van der Waals surface area contributed by atoms with E-state index in [1.807, 2.05) is 24.3 Å². The molecule has 2 aromatic carbocycles. The van der Waals surface area contributed by atoms with Crippen LogP contribution in [0.2, 0.25) is 0 Å². The van der Waals surface area contributed by atoms with E-state index in [2.05, 4.69) is 15.6 Å². The van der Waals surface area contributed by atoms with Crippen LogP contribution in [0.5, 0.6) is 0 Å². The number of rotatable bonds is 4. The first-order valence-corrected chi connectivity index (χ1v) is 8.14. The fourth-order valence-electron chi connectivity index (χ4n) is 2.13. The third-order valence-electron chi connectivity index (χ3n) is 3.16. The third kappa shape index (κ3) is 4.05. The molecule has 0 aliphatic rings. The molecule has 0 aliphatic carbocycles. The molecule has 0 saturated heterocycles. The van der Waals surface area contributed by atoms with Gasteiger partial charge in [-0.05, 0) is 42.5 Å². The molecule has 3 aromatic rings. The molecule has 120 valence electrons. The zero-order chi connectivity index (χ0) is 16.9. The van der Waals surface area contributed by atoms with Crippen LogP contribution in [0.4, 0.5) is 11.4 Å². The zero-order valence-electron chi connectivity index (χ0n) is 12.9. The van der Waals surface area contributed by atoms with E-state index in [1.54, 1.807) is 30.3 Å². The summed E-state index contributed by atoms with van der Waals surface area (Å²) < 4.78 is 1.09. The van der Waals surface area contributed by atoms with Crippen LogP contribution >= 0.6 is 11.3 Å². The van der Waals surface area contributed by atoms with Gasteiger partial charge in [0.2, 0.25) is 11.8 Å². The average molecular weight is 337 g/mol. The standard InChI is InChI=1S/C18H15N3O2S/c1-12(22)19-13-6-8-14(9-7-13)20-17(23)10-11-18-21-15-4-2-3-5-16(15)24-18/h2-11H,1H3,(H,19,22)(H,20,23)/b11-10+. The highest BCUT2D eigenvalue weighted by Gasteiger charge is 2.02. The summed E-state index contributed by atoms with van der Waals surface area (Å²) in [5.74, 6) is -0.368. The lowest BCUT2D eigenvalue weighted by molar-refractivity contribution is -0.114. The summed E-state index contributed by atoms with van der Waals surface area (Å²) in [6, 6.07) is 14.8. The molecule has 1 aromatic heterocycles. The third-order valence-corrected chi connectivity index (χ3v) is 4.16. The number of amides is 2. The summed E-state index contributed by atoms with van der Waals surface area (Å²) in [6.07, 6.45) is 3.16. The number of hydrogen-bond acceptors (Lipinski definition) is 4. The minimum Gasteiger partial charge on any atom is -0.326 e.